The van der Waals surface area contributed by atoms with Crippen LogP contribution in [0.4, 0.5) is 0 Å². The molecule has 0 aromatic rings. The summed E-state index contributed by atoms with van der Waals surface area (Å²) in [6, 6.07) is 0. The van der Waals surface area contributed by atoms with Gasteiger partial charge in [-0.3, -0.25) is 0 Å². The second-order valence-electron chi connectivity index (χ2n) is 2.80. The first-order chi connectivity index (χ1) is 5.14. The Balaban J connectivity index is 2.20. The lowest BCUT2D eigenvalue weighted by atomic mass is 10.4. The van der Waals surface area contributed by atoms with Gasteiger partial charge in [0, 0.05) is 21.2 Å². The van der Waals surface area contributed by atoms with Crippen LogP contribution < -0.4 is 0 Å². The van der Waals surface area contributed by atoms with Crippen LogP contribution in [0.25, 0.3) is 0 Å². The predicted octanol–water partition coefficient (Wildman–Crippen LogP) is 2.15. The maximum atomic E-state index is 5.49. The van der Waals surface area contributed by atoms with Gasteiger partial charge in [0.1, 0.15) is 6.10 Å². The van der Waals surface area contributed by atoms with Gasteiger partial charge in [0.25, 0.3) is 0 Å². The monoisotopic (exact) mass is 290 g/mol. The molecule has 0 aromatic heterocycles. The number of hydrogen-bond donors (Lipinski definition) is 0. The van der Waals surface area contributed by atoms with Crippen LogP contribution in [0, 0.1) is 0 Å². The van der Waals surface area contributed by atoms with E-state index in [1.165, 1.54) is 9.21 Å². The minimum Gasteiger partial charge on any atom is -0.348 e. The molecule has 0 amide bonds. The molecule has 1 atom stereocenters. The summed E-state index contributed by atoms with van der Waals surface area (Å²) < 4.78 is 15.9. The summed E-state index contributed by atoms with van der Waals surface area (Å²) in [4.78, 5) is 0. The van der Waals surface area contributed by atoms with Crippen LogP contribution in [-0.2, 0) is 13.7 Å². The molecule has 3 nitrogen and oxygen atoms in total. The molecule has 1 heterocycles. The number of hydrogen-bond acceptors (Lipinski definition) is 4. The third-order valence-electron chi connectivity index (χ3n) is 1.37. The Morgan fingerprint density at radius 2 is 2.45 bits per heavy atom. The fraction of sp³-hybridized carbons (Fsp3) is 1.00. The molecule has 1 aliphatic heterocycles. The molecule has 0 radical (unpaired) electrons. The van der Waals surface area contributed by atoms with E-state index in [1.807, 2.05) is 13.8 Å². The average Bonchev–Trinajstić information content (AvgIpc) is 2.26. The lowest BCUT2D eigenvalue weighted by molar-refractivity contribution is -0.141. The van der Waals surface area contributed by atoms with Crippen molar-refractivity contribution in [3.63, 3.8) is 0 Å². The second-order valence-corrected chi connectivity index (χ2v) is 4.24. The molecule has 1 aliphatic rings. The van der Waals surface area contributed by atoms with Crippen molar-refractivity contribution in [2.45, 2.75) is 25.7 Å². The van der Waals surface area contributed by atoms with Gasteiger partial charge in [0.05, 0.1) is 22.4 Å². The normalized spacial score (nSPS) is 29.2. The molecule has 0 saturated carbocycles. The maximum absolute atomic E-state index is 5.49. The standard InChI is InChI=1S/C6H11IO3S/c1-6(2)8-3-5(10-6)4-9-11-7/h5H,3-4H2,1-2H3. The third-order valence-corrected chi connectivity index (χ3v) is 2.35. The molecular weight excluding hydrogens is 279 g/mol. The van der Waals surface area contributed by atoms with Gasteiger partial charge in [0.2, 0.25) is 0 Å². The van der Waals surface area contributed by atoms with E-state index in [4.69, 9.17) is 13.7 Å². The second kappa shape index (κ2) is 4.27. The van der Waals surface area contributed by atoms with E-state index in [0.29, 0.717) is 13.2 Å². The highest BCUT2D eigenvalue weighted by Gasteiger charge is 2.32. The maximum Gasteiger partial charge on any atom is 0.163 e. The molecule has 0 N–H and O–H groups in total. The molecule has 1 fully saturated rings. The van der Waals surface area contributed by atoms with Crippen LogP contribution >= 0.6 is 30.4 Å². The topological polar surface area (TPSA) is 27.7 Å². The van der Waals surface area contributed by atoms with Gasteiger partial charge in [-0.2, -0.15) is 0 Å². The predicted molar refractivity (Wildman–Crippen MR) is 52.5 cm³/mol. The highest BCUT2D eigenvalue weighted by atomic mass is 127. The SMILES string of the molecule is CC1(C)OCC(COSI)O1. The molecule has 0 aliphatic carbocycles. The van der Waals surface area contributed by atoms with E-state index >= 15 is 0 Å². The van der Waals surface area contributed by atoms with Crippen molar-refractivity contribution in [2.24, 2.45) is 0 Å². The van der Waals surface area contributed by atoms with Crippen LogP contribution in [0.15, 0.2) is 0 Å². The van der Waals surface area contributed by atoms with Crippen molar-refractivity contribution >= 4 is 30.4 Å². The Bertz CT molecular complexity index is 131. The molecule has 0 aromatic carbocycles. The van der Waals surface area contributed by atoms with Gasteiger partial charge in [-0.25, -0.2) is 0 Å². The summed E-state index contributed by atoms with van der Waals surface area (Å²) in [7, 11) is 1.32. The van der Waals surface area contributed by atoms with Crippen molar-refractivity contribution in [2.75, 3.05) is 13.2 Å². The Hall–Kier alpha value is 0.960. The number of rotatable bonds is 3. The first kappa shape index (κ1) is 10.0. The summed E-state index contributed by atoms with van der Waals surface area (Å²) in [5.41, 5.74) is 0. The first-order valence-corrected chi connectivity index (χ1v) is 6.64. The van der Waals surface area contributed by atoms with Crippen molar-refractivity contribution in [1.29, 1.82) is 0 Å². The Morgan fingerprint density at radius 1 is 1.73 bits per heavy atom. The van der Waals surface area contributed by atoms with Crippen molar-refractivity contribution in [1.82, 2.24) is 0 Å². The van der Waals surface area contributed by atoms with Crippen molar-refractivity contribution < 1.29 is 13.7 Å². The average molecular weight is 290 g/mol. The van der Waals surface area contributed by atoms with Gasteiger partial charge >= 0.3 is 0 Å². The van der Waals surface area contributed by atoms with E-state index in [9.17, 15) is 0 Å². The summed E-state index contributed by atoms with van der Waals surface area (Å²) >= 11 is 2.08. The summed E-state index contributed by atoms with van der Waals surface area (Å²) in [5.74, 6) is -0.427. The zero-order valence-electron chi connectivity index (χ0n) is 6.50. The molecule has 1 unspecified atom stereocenters. The minimum atomic E-state index is -0.427. The molecule has 0 bridgehead atoms. The van der Waals surface area contributed by atoms with Crippen molar-refractivity contribution in [3.8, 4) is 0 Å². The molecule has 1 saturated heterocycles. The third kappa shape index (κ3) is 3.45. The van der Waals surface area contributed by atoms with Gasteiger partial charge in [-0.1, -0.05) is 0 Å². The lowest BCUT2D eigenvalue weighted by Crippen LogP contribution is -2.23. The summed E-state index contributed by atoms with van der Waals surface area (Å²) in [5, 5.41) is 0. The number of halogens is 1. The molecule has 0 spiro atoms. The zero-order valence-corrected chi connectivity index (χ0v) is 9.48. The molecule has 66 valence electrons. The molecule has 5 heteroatoms. The van der Waals surface area contributed by atoms with E-state index in [-0.39, 0.29) is 6.10 Å². The van der Waals surface area contributed by atoms with E-state index in [1.54, 1.807) is 0 Å². The van der Waals surface area contributed by atoms with E-state index in [0.717, 1.165) is 0 Å². The van der Waals surface area contributed by atoms with E-state index < -0.39 is 5.79 Å². The van der Waals surface area contributed by atoms with E-state index in [2.05, 4.69) is 21.2 Å². The Labute approximate surface area is 82.9 Å². The van der Waals surface area contributed by atoms with Gasteiger partial charge < -0.3 is 13.7 Å². The van der Waals surface area contributed by atoms with Gasteiger partial charge in [0.15, 0.2) is 5.79 Å². The van der Waals surface area contributed by atoms with Gasteiger partial charge in [-0.05, 0) is 13.8 Å². The smallest absolute Gasteiger partial charge is 0.163 e. The van der Waals surface area contributed by atoms with Crippen LogP contribution in [0.2, 0.25) is 0 Å². The summed E-state index contributed by atoms with van der Waals surface area (Å²) in [6.07, 6.45) is 0.0901. The Morgan fingerprint density at radius 3 is 2.91 bits per heavy atom. The highest BCUT2D eigenvalue weighted by molar-refractivity contribution is 14.2. The summed E-state index contributed by atoms with van der Waals surface area (Å²) in [6.45, 7) is 5.04. The van der Waals surface area contributed by atoms with Crippen molar-refractivity contribution in [3.05, 3.63) is 0 Å². The molecule has 11 heavy (non-hydrogen) atoms. The van der Waals surface area contributed by atoms with Crippen LogP contribution in [0.1, 0.15) is 13.8 Å². The van der Waals surface area contributed by atoms with Crippen LogP contribution in [-0.4, -0.2) is 25.1 Å². The van der Waals surface area contributed by atoms with Crippen LogP contribution in [0.5, 0.6) is 0 Å². The minimum absolute atomic E-state index is 0.0901. The largest absolute Gasteiger partial charge is 0.348 e. The first-order valence-electron chi connectivity index (χ1n) is 3.36. The molecular formula is C6H11IO3S. The van der Waals surface area contributed by atoms with Crippen LogP contribution in [0.3, 0.4) is 0 Å². The zero-order chi connectivity index (χ0) is 8.32. The fourth-order valence-corrected chi connectivity index (χ4v) is 1.59. The van der Waals surface area contributed by atoms with Gasteiger partial charge in [-0.15, -0.1) is 0 Å². The quantitative estimate of drug-likeness (QED) is 0.588. The number of ether oxygens (including phenoxy) is 2. The lowest BCUT2D eigenvalue weighted by Gasteiger charge is -2.16. The Kier molecular flexibility index (Phi) is 3.90. The molecule has 1 rings (SSSR count). The fourth-order valence-electron chi connectivity index (χ4n) is 0.947. The highest BCUT2D eigenvalue weighted by Crippen LogP contribution is 2.24.